The highest BCUT2D eigenvalue weighted by Gasteiger charge is 2.23. The maximum absolute atomic E-state index is 11.9. The molecule has 0 atom stereocenters. The first kappa shape index (κ1) is 21.5. The molecule has 1 aromatic heterocycles. The van der Waals surface area contributed by atoms with E-state index in [2.05, 4.69) is 71.4 Å². The Labute approximate surface area is 198 Å². The molecule has 0 saturated carbocycles. The summed E-state index contributed by atoms with van der Waals surface area (Å²) < 4.78 is 8.16. The summed E-state index contributed by atoms with van der Waals surface area (Å²) in [5.41, 5.74) is 5.29. The van der Waals surface area contributed by atoms with E-state index < -0.39 is 5.97 Å². The van der Waals surface area contributed by atoms with E-state index in [0.717, 1.165) is 22.0 Å². The third-order valence-corrected chi connectivity index (χ3v) is 6.07. The van der Waals surface area contributed by atoms with Crippen LogP contribution in [0.25, 0.3) is 22.0 Å². The van der Waals surface area contributed by atoms with Gasteiger partial charge in [0.15, 0.2) is 0 Å². The maximum Gasteiger partial charge on any atom is 0.339 e. The third kappa shape index (κ3) is 3.84. The van der Waals surface area contributed by atoms with Gasteiger partial charge in [-0.2, -0.15) is 0 Å². The fourth-order valence-corrected chi connectivity index (χ4v) is 4.63. The van der Waals surface area contributed by atoms with E-state index in [1.165, 1.54) is 11.1 Å². The number of rotatable bonds is 7. The van der Waals surface area contributed by atoms with Crippen LogP contribution in [-0.4, -0.2) is 22.2 Å². The Morgan fingerprint density at radius 2 is 1.41 bits per heavy atom. The fourth-order valence-electron chi connectivity index (χ4n) is 4.63. The average Bonchev–Trinajstić information content (AvgIpc) is 3.25. The summed E-state index contributed by atoms with van der Waals surface area (Å²) >= 11 is 0. The van der Waals surface area contributed by atoms with Gasteiger partial charge in [0.1, 0.15) is 11.3 Å². The second kappa shape index (κ2) is 9.28. The Bertz CT molecular complexity index is 1400. The minimum absolute atomic E-state index is 0.0424. The van der Waals surface area contributed by atoms with Gasteiger partial charge in [0.05, 0.1) is 12.6 Å². The molecule has 5 aromatic rings. The van der Waals surface area contributed by atoms with Crippen LogP contribution in [0.5, 0.6) is 5.75 Å². The van der Waals surface area contributed by atoms with Gasteiger partial charge >= 0.3 is 5.97 Å². The zero-order chi connectivity index (χ0) is 23.5. The van der Waals surface area contributed by atoms with Crippen LogP contribution in [0.3, 0.4) is 0 Å². The Balaban J connectivity index is 1.80. The van der Waals surface area contributed by atoms with E-state index in [1.807, 2.05) is 37.3 Å². The lowest BCUT2D eigenvalue weighted by atomic mass is 9.98. The predicted molar refractivity (Wildman–Crippen MR) is 136 cm³/mol. The second-order valence-electron chi connectivity index (χ2n) is 8.11. The molecule has 1 heterocycles. The highest BCUT2D eigenvalue weighted by molar-refractivity contribution is 6.01. The molecule has 4 aromatic carbocycles. The van der Waals surface area contributed by atoms with Crippen LogP contribution in [0, 0.1) is 0 Å². The minimum atomic E-state index is -1.000. The van der Waals surface area contributed by atoms with Gasteiger partial charge in [-0.3, -0.25) is 0 Å². The summed E-state index contributed by atoms with van der Waals surface area (Å²) in [6, 6.07) is 34.3. The molecule has 4 heteroatoms. The molecule has 34 heavy (non-hydrogen) atoms. The van der Waals surface area contributed by atoms with Gasteiger partial charge < -0.3 is 14.4 Å². The number of aromatic carboxylic acids is 1. The molecule has 0 aliphatic heterocycles. The van der Waals surface area contributed by atoms with Gasteiger partial charge in [-0.1, -0.05) is 91.0 Å². The summed E-state index contributed by atoms with van der Waals surface area (Å²) in [7, 11) is 0. The van der Waals surface area contributed by atoms with Crippen LogP contribution in [0.15, 0.2) is 109 Å². The number of carboxylic acids is 1. The maximum atomic E-state index is 11.9. The van der Waals surface area contributed by atoms with Crippen molar-refractivity contribution >= 4 is 16.9 Å². The van der Waals surface area contributed by atoms with Crippen LogP contribution < -0.4 is 4.74 Å². The van der Waals surface area contributed by atoms with Crippen LogP contribution >= 0.6 is 0 Å². The molecule has 0 unspecified atom stereocenters. The number of aromatic nitrogens is 1. The van der Waals surface area contributed by atoms with Crippen LogP contribution in [0.4, 0.5) is 0 Å². The van der Waals surface area contributed by atoms with Crippen LogP contribution in [0.2, 0.25) is 0 Å². The van der Waals surface area contributed by atoms with Crippen molar-refractivity contribution in [1.82, 2.24) is 4.57 Å². The summed E-state index contributed by atoms with van der Waals surface area (Å²) in [6.07, 6.45) is 2.12. The molecule has 0 fully saturated rings. The quantitative estimate of drug-likeness (QED) is 0.291. The number of hydrogen-bond donors (Lipinski definition) is 1. The zero-order valence-electron chi connectivity index (χ0n) is 18.9. The topological polar surface area (TPSA) is 51.5 Å². The highest BCUT2D eigenvalue weighted by atomic mass is 16.5. The molecular weight excluding hydrogens is 422 g/mol. The molecule has 4 nitrogen and oxygen atoms in total. The zero-order valence-corrected chi connectivity index (χ0v) is 18.9. The Kier molecular flexibility index (Phi) is 5.88. The monoisotopic (exact) mass is 447 g/mol. The molecule has 0 aliphatic carbocycles. The first-order valence-corrected chi connectivity index (χ1v) is 11.4. The van der Waals surface area contributed by atoms with Crippen molar-refractivity contribution in [3.05, 3.63) is 126 Å². The molecule has 0 radical (unpaired) electrons. The van der Waals surface area contributed by atoms with Gasteiger partial charge in [0.25, 0.3) is 0 Å². The first-order chi connectivity index (χ1) is 16.7. The molecule has 5 rings (SSSR count). The Morgan fingerprint density at radius 1 is 0.794 bits per heavy atom. The molecule has 0 amide bonds. The van der Waals surface area contributed by atoms with Gasteiger partial charge in [0.2, 0.25) is 0 Å². The molecule has 0 bridgehead atoms. The molecular formula is C30H25NO3. The van der Waals surface area contributed by atoms with Crippen molar-refractivity contribution in [2.24, 2.45) is 0 Å². The van der Waals surface area contributed by atoms with Crippen molar-refractivity contribution in [1.29, 1.82) is 0 Å². The SMILES string of the molecule is CCOc1c(C(=O)O)cccc1-c1cn(C(c2ccccc2)c2ccccc2)c2ccccc12. The first-order valence-electron chi connectivity index (χ1n) is 11.4. The Hall–Kier alpha value is -4.31. The summed E-state index contributed by atoms with van der Waals surface area (Å²) in [6.45, 7) is 2.25. The van der Waals surface area contributed by atoms with E-state index in [0.29, 0.717) is 12.4 Å². The summed E-state index contributed by atoms with van der Waals surface area (Å²) in [4.78, 5) is 11.9. The lowest BCUT2D eigenvalue weighted by Crippen LogP contribution is -2.11. The second-order valence-corrected chi connectivity index (χ2v) is 8.11. The number of para-hydroxylation sites is 2. The number of nitrogens with zero attached hydrogens (tertiary/aromatic N) is 1. The third-order valence-electron chi connectivity index (χ3n) is 6.07. The molecule has 0 saturated heterocycles. The number of hydrogen-bond acceptors (Lipinski definition) is 2. The van der Waals surface area contributed by atoms with Crippen molar-refractivity contribution in [2.45, 2.75) is 13.0 Å². The highest BCUT2D eigenvalue weighted by Crippen LogP contribution is 2.41. The number of fused-ring (bicyclic) bond motifs is 1. The molecule has 0 aliphatic rings. The van der Waals surface area contributed by atoms with Gasteiger partial charge in [-0.15, -0.1) is 0 Å². The van der Waals surface area contributed by atoms with E-state index in [-0.39, 0.29) is 11.6 Å². The van der Waals surface area contributed by atoms with Crippen molar-refractivity contribution in [3.8, 4) is 16.9 Å². The number of ether oxygens (including phenoxy) is 1. The van der Waals surface area contributed by atoms with Gasteiger partial charge in [0, 0.05) is 28.2 Å². The van der Waals surface area contributed by atoms with Crippen molar-refractivity contribution < 1.29 is 14.6 Å². The molecule has 0 spiro atoms. The lowest BCUT2D eigenvalue weighted by Gasteiger charge is -2.21. The molecule has 1 N–H and O–H groups in total. The largest absolute Gasteiger partial charge is 0.492 e. The standard InChI is InChI=1S/C30H25NO3/c1-2-34-29-24(17-11-18-25(29)30(32)33)26-20-31(27-19-10-9-16-23(26)27)28(21-12-5-3-6-13-21)22-14-7-4-8-15-22/h3-20,28H,2H2,1H3,(H,32,33). The van der Waals surface area contributed by atoms with Crippen molar-refractivity contribution in [3.63, 3.8) is 0 Å². The summed E-state index contributed by atoms with van der Waals surface area (Å²) in [5.74, 6) is -0.600. The van der Waals surface area contributed by atoms with E-state index in [9.17, 15) is 9.90 Å². The summed E-state index contributed by atoms with van der Waals surface area (Å²) in [5, 5.41) is 10.8. The number of carbonyl (C=O) groups is 1. The van der Waals surface area contributed by atoms with E-state index >= 15 is 0 Å². The number of benzene rings is 4. The van der Waals surface area contributed by atoms with E-state index in [1.54, 1.807) is 12.1 Å². The van der Waals surface area contributed by atoms with Crippen LogP contribution in [-0.2, 0) is 0 Å². The van der Waals surface area contributed by atoms with Gasteiger partial charge in [-0.25, -0.2) is 4.79 Å². The predicted octanol–water partition coefficient (Wildman–Crippen LogP) is 7.04. The van der Waals surface area contributed by atoms with Crippen LogP contribution in [0.1, 0.15) is 34.5 Å². The lowest BCUT2D eigenvalue weighted by molar-refractivity contribution is 0.0692. The Morgan fingerprint density at radius 3 is 2.03 bits per heavy atom. The van der Waals surface area contributed by atoms with Gasteiger partial charge in [-0.05, 0) is 30.2 Å². The average molecular weight is 448 g/mol. The number of carboxylic acid groups (broad SMARTS) is 1. The van der Waals surface area contributed by atoms with E-state index in [4.69, 9.17) is 4.74 Å². The molecule has 168 valence electrons. The minimum Gasteiger partial charge on any atom is -0.492 e. The fraction of sp³-hybridized carbons (Fsp3) is 0.100. The van der Waals surface area contributed by atoms with Crippen molar-refractivity contribution in [2.75, 3.05) is 6.61 Å². The smallest absolute Gasteiger partial charge is 0.339 e. The normalized spacial score (nSPS) is 11.1.